The molecule has 0 radical (unpaired) electrons. The molecule has 2 heterocycles. The summed E-state index contributed by atoms with van der Waals surface area (Å²) in [5.41, 5.74) is 0.278. The number of anilines is 2. The quantitative estimate of drug-likeness (QED) is 0.553. The van der Waals surface area contributed by atoms with E-state index >= 15 is 0 Å². The van der Waals surface area contributed by atoms with Crippen molar-refractivity contribution >= 4 is 37.6 Å². The molecule has 2 aliphatic rings. The number of nitrogens with one attached hydrogen (secondary N) is 1. The molecule has 1 fully saturated rings. The molecule has 36 heavy (non-hydrogen) atoms. The van der Waals surface area contributed by atoms with Gasteiger partial charge in [0.15, 0.2) is 0 Å². The minimum absolute atomic E-state index is 0.0299. The van der Waals surface area contributed by atoms with E-state index in [0.717, 1.165) is 17.1 Å². The first kappa shape index (κ1) is 26.1. The van der Waals surface area contributed by atoms with Crippen molar-refractivity contribution in [2.75, 3.05) is 36.8 Å². The average molecular weight is 537 g/mol. The molecule has 0 amide bonds. The number of sulfonamides is 2. The number of allylic oxidation sites excluding steroid dienone is 1. The van der Waals surface area contributed by atoms with Crippen LogP contribution in [-0.2, 0) is 24.8 Å². The van der Waals surface area contributed by atoms with E-state index in [-0.39, 0.29) is 27.3 Å². The molecule has 0 atom stereocenters. The smallest absolute Gasteiger partial charge is 0.261 e. The number of halogens is 1. The van der Waals surface area contributed by atoms with Gasteiger partial charge in [-0.15, -0.1) is 0 Å². The maximum absolute atomic E-state index is 14.9. The number of piperidine rings is 1. The van der Waals surface area contributed by atoms with Crippen LogP contribution in [0.1, 0.15) is 25.7 Å². The van der Waals surface area contributed by atoms with Gasteiger partial charge in [0.1, 0.15) is 11.9 Å². The fourth-order valence-corrected chi connectivity index (χ4v) is 6.03. The number of rotatable bonds is 8. The number of aliphatic imine (C=N–C) groups is 1. The van der Waals surface area contributed by atoms with E-state index in [1.807, 2.05) is 12.3 Å². The van der Waals surface area contributed by atoms with Crippen LogP contribution in [0.25, 0.3) is 0 Å². The Labute approximate surface area is 211 Å². The summed E-state index contributed by atoms with van der Waals surface area (Å²) in [7, 11) is -5.02. The van der Waals surface area contributed by atoms with Crippen molar-refractivity contribution in [1.29, 1.82) is 0 Å². The molecule has 0 bridgehead atoms. The van der Waals surface area contributed by atoms with Crippen molar-refractivity contribution in [3.8, 4) is 0 Å². The van der Waals surface area contributed by atoms with Gasteiger partial charge in [-0.2, -0.15) is 0 Å². The molecule has 4 rings (SSSR count). The maximum Gasteiger partial charge on any atom is 0.261 e. The van der Waals surface area contributed by atoms with Gasteiger partial charge < -0.3 is 9.64 Å². The van der Waals surface area contributed by atoms with Crippen molar-refractivity contribution < 1.29 is 26.0 Å². The molecular weight excluding hydrogens is 507 g/mol. The Morgan fingerprint density at radius 1 is 1.00 bits per heavy atom. The van der Waals surface area contributed by atoms with Gasteiger partial charge in [0.25, 0.3) is 10.0 Å². The van der Waals surface area contributed by atoms with E-state index in [1.165, 1.54) is 56.6 Å². The third-order valence-corrected chi connectivity index (χ3v) is 9.23. The highest BCUT2D eigenvalue weighted by atomic mass is 32.2. The predicted octanol–water partition coefficient (Wildman–Crippen LogP) is 3.57. The minimum Gasteiger partial charge on any atom is -0.474 e. The Morgan fingerprint density at radius 2 is 1.67 bits per heavy atom. The SMILES string of the molecule is CN(C)S(=O)(=O)c1ccc(S(=O)(=O)Nc2cccc(F)c2N2CCC(OC3=CCCC=N3)CC2)cc1. The molecule has 2 aromatic carbocycles. The average Bonchev–Trinajstić information content (AvgIpc) is 2.85. The molecule has 9 nitrogen and oxygen atoms in total. The van der Waals surface area contributed by atoms with E-state index in [9.17, 15) is 21.2 Å². The fourth-order valence-electron chi connectivity index (χ4n) is 4.06. The van der Waals surface area contributed by atoms with Gasteiger partial charge in [-0.25, -0.2) is 30.5 Å². The summed E-state index contributed by atoms with van der Waals surface area (Å²) in [4.78, 5) is 5.89. The molecule has 0 saturated carbocycles. The Bertz CT molecular complexity index is 1370. The fraction of sp³-hybridized carbons (Fsp3) is 0.375. The number of hydrogen-bond donors (Lipinski definition) is 1. The van der Waals surface area contributed by atoms with Crippen molar-refractivity contribution in [2.45, 2.75) is 41.6 Å². The molecule has 2 aromatic rings. The van der Waals surface area contributed by atoms with Crippen LogP contribution in [-0.4, -0.2) is 60.6 Å². The number of nitrogens with zero attached hydrogens (tertiary/aromatic N) is 3. The minimum atomic E-state index is -4.10. The predicted molar refractivity (Wildman–Crippen MR) is 137 cm³/mol. The van der Waals surface area contributed by atoms with Crippen LogP contribution < -0.4 is 9.62 Å². The van der Waals surface area contributed by atoms with E-state index in [4.69, 9.17) is 4.74 Å². The summed E-state index contributed by atoms with van der Waals surface area (Å²) in [5.74, 6) is 0.0741. The monoisotopic (exact) mass is 536 g/mol. The summed E-state index contributed by atoms with van der Waals surface area (Å²) in [6.45, 7) is 0.961. The van der Waals surface area contributed by atoms with Crippen LogP contribution in [0.3, 0.4) is 0 Å². The third-order valence-electron chi connectivity index (χ3n) is 6.02. The highest BCUT2D eigenvalue weighted by Gasteiger charge is 2.27. The second-order valence-corrected chi connectivity index (χ2v) is 12.6. The number of para-hydroxylation sites is 1. The summed E-state index contributed by atoms with van der Waals surface area (Å²) in [5, 5.41) is 0. The number of benzene rings is 2. The second kappa shape index (κ2) is 10.6. The largest absolute Gasteiger partial charge is 0.474 e. The Kier molecular flexibility index (Phi) is 7.67. The van der Waals surface area contributed by atoms with Crippen molar-refractivity contribution in [2.24, 2.45) is 4.99 Å². The lowest BCUT2D eigenvalue weighted by atomic mass is 10.1. The van der Waals surface area contributed by atoms with Gasteiger partial charge in [0.05, 0.1) is 21.2 Å². The van der Waals surface area contributed by atoms with Gasteiger partial charge in [0, 0.05) is 46.2 Å². The van der Waals surface area contributed by atoms with Crippen molar-refractivity contribution in [3.05, 3.63) is 60.2 Å². The van der Waals surface area contributed by atoms with Crippen LogP contribution in [0.15, 0.2) is 69.2 Å². The second-order valence-electron chi connectivity index (χ2n) is 8.74. The van der Waals surface area contributed by atoms with Gasteiger partial charge in [0.2, 0.25) is 15.9 Å². The Balaban J connectivity index is 1.50. The van der Waals surface area contributed by atoms with Crippen LogP contribution in [0.5, 0.6) is 0 Å². The standard InChI is InChI=1S/C24H29FN4O5S2/c1-28(2)36(32,33)20-11-9-19(10-12-20)35(30,31)27-22-7-5-6-21(25)24(22)29-16-13-18(14-17-29)34-23-8-3-4-15-26-23/h5-12,15,18,27H,3-4,13-14,16-17H2,1-2H3. The molecule has 194 valence electrons. The summed E-state index contributed by atoms with van der Waals surface area (Å²) in [6.07, 6.45) is 6.80. The normalized spacial score (nSPS) is 17.2. The lowest BCUT2D eigenvalue weighted by Crippen LogP contribution is -2.38. The number of hydrogen-bond acceptors (Lipinski definition) is 7. The van der Waals surface area contributed by atoms with Crippen molar-refractivity contribution in [3.63, 3.8) is 0 Å². The first-order chi connectivity index (χ1) is 17.1. The lowest BCUT2D eigenvalue weighted by Gasteiger charge is -2.35. The molecule has 2 aliphatic heterocycles. The first-order valence-electron chi connectivity index (χ1n) is 11.6. The molecule has 0 aliphatic carbocycles. The topological polar surface area (TPSA) is 108 Å². The van der Waals surface area contributed by atoms with Crippen molar-refractivity contribution in [1.82, 2.24) is 4.31 Å². The molecule has 1 saturated heterocycles. The van der Waals surface area contributed by atoms with E-state index in [2.05, 4.69) is 9.71 Å². The molecule has 0 spiro atoms. The molecular formula is C24H29FN4O5S2. The summed E-state index contributed by atoms with van der Waals surface area (Å²) < 4.78 is 75.1. The first-order valence-corrected chi connectivity index (χ1v) is 14.5. The van der Waals surface area contributed by atoms with Gasteiger partial charge in [-0.05, 0) is 55.3 Å². The zero-order chi connectivity index (χ0) is 25.9. The van der Waals surface area contributed by atoms with E-state index < -0.39 is 25.9 Å². The Morgan fingerprint density at radius 3 is 2.28 bits per heavy atom. The lowest BCUT2D eigenvalue weighted by molar-refractivity contribution is 0.0915. The number of ether oxygens (including phenoxy) is 1. The highest BCUT2D eigenvalue weighted by Crippen LogP contribution is 2.34. The molecule has 1 N–H and O–H groups in total. The van der Waals surface area contributed by atoms with Gasteiger partial charge in [-0.3, -0.25) is 4.72 Å². The maximum atomic E-state index is 14.9. The van der Waals surface area contributed by atoms with E-state index in [1.54, 1.807) is 4.90 Å². The van der Waals surface area contributed by atoms with E-state index in [0.29, 0.717) is 31.8 Å². The van der Waals surface area contributed by atoms with Gasteiger partial charge >= 0.3 is 0 Å². The molecule has 0 unspecified atom stereocenters. The highest BCUT2D eigenvalue weighted by molar-refractivity contribution is 7.92. The molecule has 0 aromatic heterocycles. The zero-order valence-electron chi connectivity index (χ0n) is 20.1. The molecule has 12 heteroatoms. The Hall–Kier alpha value is -2.96. The van der Waals surface area contributed by atoms with Gasteiger partial charge in [-0.1, -0.05) is 6.07 Å². The summed E-state index contributed by atoms with van der Waals surface area (Å²) in [6, 6.07) is 9.11. The van der Waals surface area contributed by atoms with Crippen LogP contribution >= 0.6 is 0 Å². The van der Waals surface area contributed by atoms with Crippen LogP contribution in [0.2, 0.25) is 0 Å². The van der Waals surface area contributed by atoms with Crippen LogP contribution in [0, 0.1) is 5.82 Å². The summed E-state index contributed by atoms with van der Waals surface area (Å²) >= 11 is 0. The van der Waals surface area contributed by atoms with Crippen LogP contribution in [0.4, 0.5) is 15.8 Å². The third kappa shape index (κ3) is 5.71. The zero-order valence-corrected chi connectivity index (χ0v) is 21.7.